The molecule has 12 rings (SSSR count). The van der Waals surface area contributed by atoms with Gasteiger partial charge in [0.15, 0.2) is 0 Å². The highest BCUT2D eigenvalue weighted by molar-refractivity contribution is 5.79. The highest BCUT2D eigenvalue weighted by Gasteiger charge is 2.14. The predicted molar refractivity (Wildman–Crippen MR) is 339 cm³/mol. The van der Waals surface area contributed by atoms with E-state index in [1.807, 2.05) is 79.6 Å². The predicted octanol–water partition coefficient (Wildman–Crippen LogP) is 18.8. The van der Waals surface area contributed by atoms with E-state index >= 15 is 0 Å². The van der Waals surface area contributed by atoms with Crippen molar-refractivity contribution in [3.8, 4) is 0 Å². The Morgan fingerprint density at radius 2 is 0.200 bits per heavy atom. The lowest BCUT2D eigenvalue weighted by Gasteiger charge is -2.25. The summed E-state index contributed by atoms with van der Waals surface area (Å²) in [7, 11) is 0. The van der Waals surface area contributed by atoms with E-state index in [9.17, 15) is 0 Å². The SMILES string of the molecule is C=O.O.O.c1ccc(N(c2ccccc2)c2ccccc2)cc1.c1ccc(N(c2ccccc2)c2ccccc2)cc1.c1ccc(N(c2ccccc2)c2ccccc2)cc1.c1ccc(N(c2ccccc2)c2ccccc2)cc1. The molecule has 0 aliphatic heterocycles. The van der Waals surface area contributed by atoms with Crippen molar-refractivity contribution in [3.05, 3.63) is 364 Å². The van der Waals surface area contributed by atoms with Gasteiger partial charge in [-0.3, -0.25) is 0 Å². The summed E-state index contributed by atoms with van der Waals surface area (Å²) in [4.78, 5) is 17.0. The van der Waals surface area contributed by atoms with Gasteiger partial charge < -0.3 is 35.3 Å². The molecule has 0 fully saturated rings. The number of benzene rings is 12. The van der Waals surface area contributed by atoms with E-state index in [4.69, 9.17) is 4.79 Å². The molecule has 80 heavy (non-hydrogen) atoms. The standard InChI is InChI=1S/4C18H15N.CH2O.2H2O/c4*1-4-10-16(11-5-1)19(17-12-6-2-7-13-17)18-14-8-3-9-15-18;1-2;;/h4*1-15H;1H2;2*1H2. The summed E-state index contributed by atoms with van der Waals surface area (Å²) >= 11 is 0. The monoisotopic (exact) mass is 1050 g/mol. The molecule has 0 radical (unpaired) electrons. The van der Waals surface area contributed by atoms with Crippen LogP contribution in [-0.2, 0) is 4.79 Å². The van der Waals surface area contributed by atoms with Crippen molar-refractivity contribution >= 4 is 75.0 Å². The number of para-hydroxylation sites is 12. The molecule has 0 aliphatic rings. The van der Waals surface area contributed by atoms with Crippen LogP contribution in [0.15, 0.2) is 364 Å². The highest BCUT2D eigenvalue weighted by Crippen LogP contribution is 2.37. The zero-order valence-corrected chi connectivity index (χ0v) is 44.5. The highest BCUT2D eigenvalue weighted by atomic mass is 16.1. The molecule has 0 unspecified atom stereocenters. The van der Waals surface area contributed by atoms with Gasteiger partial charge in [-0.25, -0.2) is 0 Å². The zero-order valence-electron chi connectivity index (χ0n) is 44.5. The first-order valence-corrected chi connectivity index (χ1v) is 25.9. The first-order valence-electron chi connectivity index (χ1n) is 25.9. The lowest BCUT2D eigenvalue weighted by Crippen LogP contribution is -2.09. The Balaban J connectivity index is 0.000000169. The number of anilines is 12. The molecule has 4 N–H and O–H groups in total. The van der Waals surface area contributed by atoms with E-state index in [1.165, 1.54) is 68.2 Å². The van der Waals surface area contributed by atoms with E-state index in [-0.39, 0.29) is 11.0 Å². The lowest BCUT2D eigenvalue weighted by atomic mass is 10.2. The van der Waals surface area contributed by atoms with Gasteiger partial charge in [0.2, 0.25) is 0 Å². The summed E-state index contributed by atoms with van der Waals surface area (Å²) < 4.78 is 0. The minimum absolute atomic E-state index is 0. The number of nitrogens with zero attached hydrogens (tertiary/aromatic N) is 4. The molecule has 12 aromatic carbocycles. The van der Waals surface area contributed by atoms with Gasteiger partial charge in [-0.05, 0) is 146 Å². The Morgan fingerprint density at radius 3 is 0.263 bits per heavy atom. The topological polar surface area (TPSA) is 93.0 Å². The Bertz CT molecular complexity index is 2610. The van der Waals surface area contributed by atoms with Gasteiger partial charge in [0, 0.05) is 68.2 Å². The van der Waals surface area contributed by atoms with Crippen LogP contribution >= 0.6 is 0 Å². The van der Waals surface area contributed by atoms with E-state index in [0.29, 0.717) is 0 Å². The second-order valence-corrected chi connectivity index (χ2v) is 17.4. The third-order valence-electron chi connectivity index (χ3n) is 12.2. The van der Waals surface area contributed by atoms with Gasteiger partial charge in [-0.2, -0.15) is 0 Å². The average molecular weight is 1050 g/mol. The first kappa shape index (κ1) is 58.7. The number of rotatable bonds is 12. The normalized spacial score (nSPS) is 9.65. The second kappa shape index (κ2) is 32.8. The number of hydrogen-bond acceptors (Lipinski definition) is 5. The number of hydrogen-bond donors (Lipinski definition) is 0. The average Bonchev–Trinajstić information content (AvgIpc) is 3.54. The second-order valence-electron chi connectivity index (χ2n) is 17.4. The molecule has 0 bridgehead atoms. The molecule has 7 heteroatoms. The molecule has 396 valence electrons. The summed E-state index contributed by atoms with van der Waals surface area (Å²) in [6.45, 7) is 2.00. The maximum Gasteiger partial charge on any atom is 0.106 e. The van der Waals surface area contributed by atoms with Crippen LogP contribution in [0.3, 0.4) is 0 Å². The Labute approximate surface area is 472 Å². The molecule has 0 spiro atoms. The maximum absolute atomic E-state index is 8.00. The Morgan fingerprint density at radius 1 is 0.138 bits per heavy atom. The van der Waals surface area contributed by atoms with Crippen LogP contribution in [0, 0.1) is 0 Å². The van der Waals surface area contributed by atoms with E-state index in [2.05, 4.69) is 311 Å². The van der Waals surface area contributed by atoms with Crippen LogP contribution in [0.5, 0.6) is 0 Å². The van der Waals surface area contributed by atoms with Crippen LogP contribution < -0.4 is 19.6 Å². The molecule has 0 atom stereocenters. The van der Waals surface area contributed by atoms with Gasteiger partial charge in [0.25, 0.3) is 0 Å². The zero-order chi connectivity index (χ0) is 53.7. The van der Waals surface area contributed by atoms with E-state index < -0.39 is 0 Å². The van der Waals surface area contributed by atoms with Crippen molar-refractivity contribution in [2.75, 3.05) is 19.6 Å². The van der Waals surface area contributed by atoms with Gasteiger partial charge in [-0.1, -0.05) is 218 Å². The minimum atomic E-state index is 0. The first-order chi connectivity index (χ1) is 38.8. The third kappa shape index (κ3) is 16.7. The molecule has 0 aromatic heterocycles. The Kier molecular flexibility index (Phi) is 24.0. The van der Waals surface area contributed by atoms with Gasteiger partial charge in [0.05, 0.1) is 0 Å². The minimum Gasteiger partial charge on any atom is -0.412 e. The molecule has 0 saturated heterocycles. The van der Waals surface area contributed by atoms with Gasteiger partial charge >= 0.3 is 0 Å². The number of carbonyl (C=O) groups excluding carboxylic acids is 1. The molecular weight excluding hydrogens is 981 g/mol. The smallest absolute Gasteiger partial charge is 0.106 e. The Hall–Kier alpha value is -10.6. The summed E-state index contributed by atoms with van der Waals surface area (Å²) in [6, 6.07) is 125. The fraction of sp³-hybridized carbons (Fsp3) is 0. The molecule has 0 heterocycles. The fourth-order valence-electron chi connectivity index (χ4n) is 8.71. The van der Waals surface area contributed by atoms with Crippen LogP contribution in [0.2, 0.25) is 0 Å². The van der Waals surface area contributed by atoms with Crippen molar-refractivity contribution < 1.29 is 15.7 Å². The summed E-state index contributed by atoms with van der Waals surface area (Å²) in [5.74, 6) is 0. The molecule has 0 aliphatic carbocycles. The fourth-order valence-corrected chi connectivity index (χ4v) is 8.71. The lowest BCUT2D eigenvalue weighted by molar-refractivity contribution is -0.0980. The van der Waals surface area contributed by atoms with Crippen LogP contribution in [0.25, 0.3) is 0 Å². The van der Waals surface area contributed by atoms with Crippen molar-refractivity contribution in [2.24, 2.45) is 0 Å². The van der Waals surface area contributed by atoms with Crippen LogP contribution in [-0.4, -0.2) is 17.7 Å². The molecule has 7 nitrogen and oxygen atoms in total. The molecular formula is C73H66N4O3. The van der Waals surface area contributed by atoms with Crippen molar-refractivity contribution in [1.82, 2.24) is 0 Å². The quantitative estimate of drug-likeness (QED) is 0.122. The molecule has 12 aromatic rings. The van der Waals surface area contributed by atoms with E-state index in [1.54, 1.807) is 0 Å². The largest absolute Gasteiger partial charge is 0.412 e. The summed E-state index contributed by atoms with van der Waals surface area (Å²) in [5.41, 5.74) is 14.0. The van der Waals surface area contributed by atoms with Gasteiger partial charge in [0.1, 0.15) is 6.79 Å². The van der Waals surface area contributed by atoms with Crippen molar-refractivity contribution in [3.63, 3.8) is 0 Å². The number of carbonyl (C=O) groups is 1. The van der Waals surface area contributed by atoms with Crippen molar-refractivity contribution in [2.45, 2.75) is 0 Å². The molecule has 0 saturated carbocycles. The molecule has 0 amide bonds. The van der Waals surface area contributed by atoms with Crippen LogP contribution in [0.1, 0.15) is 0 Å². The summed E-state index contributed by atoms with van der Waals surface area (Å²) in [6.07, 6.45) is 0. The van der Waals surface area contributed by atoms with Crippen molar-refractivity contribution in [1.29, 1.82) is 0 Å². The summed E-state index contributed by atoms with van der Waals surface area (Å²) in [5, 5.41) is 0. The van der Waals surface area contributed by atoms with E-state index in [0.717, 1.165) is 0 Å². The van der Waals surface area contributed by atoms with Crippen LogP contribution in [0.4, 0.5) is 68.2 Å². The maximum atomic E-state index is 8.00. The van der Waals surface area contributed by atoms with Gasteiger partial charge in [-0.15, -0.1) is 0 Å². The third-order valence-corrected chi connectivity index (χ3v) is 12.2.